The van der Waals surface area contributed by atoms with E-state index in [1.54, 1.807) is 30.3 Å². The molecule has 5 rings (SSSR count). The average molecular weight is 673 g/mol. The van der Waals surface area contributed by atoms with Crippen molar-refractivity contribution >= 4 is 17.6 Å². The Bertz CT molecular complexity index is 1720. The number of phenols is 1. The van der Waals surface area contributed by atoms with Gasteiger partial charge in [-0.2, -0.15) is 13.2 Å². The summed E-state index contributed by atoms with van der Waals surface area (Å²) in [6.07, 6.45) is 0.139. The summed E-state index contributed by atoms with van der Waals surface area (Å²) in [6, 6.07) is 25.8. The van der Waals surface area contributed by atoms with E-state index in [9.17, 15) is 27.9 Å². The fourth-order valence-corrected chi connectivity index (χ4v) is 6.40. The molecule has 10 heteroatoms. The maximum absolute atomic E-state index is 13.5. The number of anilines is 1. The number of aromatic hydroxyl groups is 1. The minimum atomic E-state index is -4.55. The van der Waals surface area contributed by atoms with Gasteiger partial charge in [-0.25, -0.2) is 4.79 Å². The Morgan fingerprint density at radius 3 is 2.33 bits per heavy atom. The van der Waals surface area contributed by atoms with Gasteiger partial charge in [0.2, 0.25) is 0 Å². The van der Waals surface area contributed by atoms with Crippen molar-refractivity contribution in [1.82, 2.24) is 10.2 Å². The molecular weight excluding hydrogens is 629 g/mol. The lowest BCUT2D eigenvalue weighted by Crippen LogP contribution is -2.36. The van der Waals surface area contributed by atoms with E-state index in [1.807, 2.05) is 42.5 Å². The molecule has 0 saturated heterocycles. The lowest BCUT2D eigenvalue weighted by molar-refractivity contribution is -0.137. The molecule has 0 bridgehead atoms. The Morgan fingerprint density at radius 1 is 0.898 bits per heavy atom. The van der Waals surface area contributed by atoms with Crippen molar-refractivity contribution in [1.29, 1.82) is 0 Å². The molecule has 4 aromatic rings. The van der Waals surface area contributed by atoms with Crippen LogP contribution in [0.4, 0.5) is 23.7 Å². The van der Waals surface area contributed by atoms with Crippen LogP contribution in [0.15, 0.2) is 97.1 Å². The average Bonchev–Trinajstić information content (AvgIpc) is 3.09. The summed E-state index contributed by atoms with van der Waals surface area (Å²) in [6.45, 7) is 3.08. The largest absolute Gasteiger partial charge is 0.508 e. The van der Waals surface area contributed by atoms with E-state index in [4.69, 9.17) is 5.73 Å². The summed E-state index contributed by atoms with van der Waals surface area (Å²) in [5, 5.41) is 15.4. The zero-order chi connectivity index (χ0) is 35.0. The van der Waals surface area contributed by atoms with E-state index in [2.05, 4.69) is 17.6 Å². The number of amides is 3. The minimum Gasteiger partial charge on any atom is -0.508 e. The Labute approximate surface area is 285 Å². The van der Waals surface area contributed by atoms with Crippen LogP contribution >= 0.6 is 0 Å². The standard InChI is InChI=1S/C39H43F3N4O3/c1-26(43)30-16-12-28(13-17-30)24-44-37(48)36-11-3-2-10-35(36)31-7-4-6-29(22-31)25-46(21-20-27-14-18-34(47)19-15-27)38(49)45-33-9-5-8-32(23-33)39(40,41)42/h2-11,14-15,18-19,22-23,26,28,30,47H,12-13,16-17,20-21,24-25,43H2,1H3,(H,44,48)(H,45,49). The van der Waals surface area contributed by atoms with Crippen molar-refractivity contribution in [2.45, 2.75) is 57.8 Å². The highest BCUT2D eigenvalue weighted by molar-refractivity contribution is 6.01. The summed E-state index contributed by atoms with van der Waals surface area (Å²) < 4.78 is 40.0. The maximum Gasteiger partial charge on any atom is 0.416 e. The molecule has 258 valence electrons. The third-order valence-corrected chi connectivity index (χ3v) is 9.30. The van der Waals surface area contributed by atoms with Gasteiger partial charge in [0.15, 0.2) is 0 Å². The first-order valence-corrected chi connectivity index (χ1v) is 16.7. The first-order valence-electron chi connectivity index (χ1n) is 16.7. The fraction of sp³-hybridized carbons (Fsp3) is 0.333. The summed E-state index contributed by atoms with van der Waals surface area (Å²) in [5.74, 6) is 0.934. The highest BCUT2D eigenvalue weighted by Crippen LogP contribution is 2.32. The van der Waals surface area contributed by atoms with Crippen molar-refractivity contribution < 1.29 is 27.9 Å². The molecule has 1 unspecified atom stereocenters. The van der Waals surface area contributed by atoms with Gasteiger partial charge in [-0.3, -0.25) is 4.79 Å². The Hall–Kier alpha value is -4.83. The van der Waals surface area contributed by atoms with E-state index < -0.39 is 17.8 Å². The maximum atomic E-state index is 13.5. The lowest BCUT2D eigenvalue weighted by atomic mass is 9.79. The van der Waals surface area contributed by atoms with E-state index in [1.165, 1.54) is 17.0 Å². The number of carbonyl (C=O) groups excluding carboxylic acids is 2. The van der Waals surface area contributed by atoms with Crippen molar-refractivity contribution in [3.05, 3.63) is 119 Å². The van der Waals surface area contributed by atoms with Gasteiger partial charge in [0.25, 0.3) is 5.91 Å². The summed E-state index contributed by atoms with van der Waals surface area (Å²) in [7, 11) is 0. The highest BCUT2D eigenvalue weighted by atomic mass is 19.4. The SMILES string of the molecule is CC(N)C1CCC(CNC(=O)c2ccccc2-c2cccc(CN(CCc3ccc(O)cc3)C(=O)Nc3cccc(C(F)(F)F)c3)c2)CC1. The predicted octanol–water partition coefficient (Wildman–Crippen LogP) is 8.24. The van der Waals surface area contributed by atoms with Crippen LogP contribution in [0.1, 0.15) is 59.7 Å². The van der Waals surface area contributed by atoms with Crippen molar-refractivity contribution in [2.24, 2.45) is 17.6 Å². The first-order chi connectivity index (χ1) is 23.5. The number of benzene rings is 4. The summed E-state index contributed by atoms with van der Waals surface area (Å²) in [5.41, 5.74) is 9.04. The lowest BCUT2D eigenvalue weighted by Gasteiger charge is -2.30. The van der Waals surface area contributed by atoms with Gasteiger partial charge < -0.3 is 26.4 Å². The van der Waals surface area contributed by atoms with Gasteiger partial charge in [0, 0.05) is 36.9 Å². The van der Waals surface area contributed by atoms with Crippen LogP contribution in [-0.2, 0) is 19.1 Å². The van der Waals surface area contributed by atoms with Crippen LogP contribution in [0.3, 0.4) is 0 Å². The van der Waals surface area contributed by atoms with Crippen molar-refractivity contribution in [2.75, 3.05) is 18.4 Å². The molecule has 5 N–H and O–H groups in total. The topological polar surface area (TPSA) is 108 Å². The number of alkyl halides is 3. The number of phenolic OH excluding ortho intramolecular Hbond substituents is 1. The molecule has 49 heavy (non-hydrogen) atoms. The van der Waals surface area contributed by atoms with Gasteiger partial charge in [0.1, 0.15) is 5.75 Å². The van der Waals surface area contributed by atoms with Gasteiger partial charge in [-0.1, -0.05) is 54.6 Å². The zero-order valence-corrected chi connectivity index (χ0v) is 27.5. The fourth-order valence-electron chi connectivity index (χ4n) is 6.40. The van der Waals surface area contributed by atoms with Crippen LogP contribution in [0.25, 0.3) is 11.1 Å². The molecule has 0 heterocycles. The molecule has 3 amide bonds. The highest BCUT2D eigenvalue weighted by Gasteiger charge is 2.31. The number of hydrogen-bond acceptors (Lipinski definition) is 4. The molecule has 1 aliphatic rings. The second kappa shape index (κ2) is 16.0. The second-order valence-electron chi connectivity index (χ2n) is 12.9. The zero-order valence-electron chi connectivity index (χ0n) is 27.5. The quantitative estimate of drug-likeness (QED) is 0.129. The van der Waals surface area contributed by atoms with Gasteiger partial charge in [-0.15, -0.1) is 0 Å². The van der Waals surface area contributed by atoms with E-state index in [0.717, 1.165) is 60.1 Å². The molecule has 7 nitrogen and oxygen atoms in total. The predicted molar refractivity (Wildman–Crippen MR) is 186 cm³/mol. The van der Waals surface area contributed by atoms with Gasteiger partial charge in [0.05, 0.1) is 5.56 Å². The second-order valence-corrected chi connectivity index (χ2v) is 12.9. The molecule has 1 atom stereocenters. The third kappa shape index (κ3) is 9.85. The number of carbonyl (C=O) groups is 2. The number of nitrogens with two attached hydrogens (primary N) is 1. The number of hydrogen-bond donors (Lipinski definition) is 4. The van der Waals surface area contributed by atoms with Crippen LogP contribution in [0.2, 0.25) is 0 Å². The Balaban J connectivity index is 1.32. The van der Waals surface area contributed by atoms with E-state index in [0.29, 0.717) is 30.4 Å². The molecule has 1 fully saturated rings. The minimum absolute atomic E-state index is 0.0325. The molecule has 0 radical (unpaired) electrons. The number of halogens is 3. The van der Waals surface area contributed by atoms with Gasteiger partial charge >= 0.3 is 12.2 Å². The van der Waals surface area contributed by atoms with E-state index >= 15 is 0 Å². The van der Waals surface area contributed by atoms with Crippen LogP contribution in [0, 0.1) is 11.8 Å². The number of nitrogens with zero attached hydrogens (tertiary/aromatic N) is 1. The number of nitrogens with one attached hydrogen (secondary N) is 2. The van der Waals surface area contributed by atoms with Crippen molar-refractivity contribution in [3.63, 3.8) is 0 Å². The van der Waals surface area contributed by atoms with E-state index in [-0.39, 0.29) is 36.5 Å². The molecule has 0 spiro atoms. The Kier molecular flexibility index (Phi) is 11.6. The molecule has 1 saturated carbocycles. The Morgan fingerprint density at radius 2 is 1.61 bits per heavy atom. The molecule has 0 aliphatic heterocycles. The first kappa shape index (κ1) is 35.5. The van der Waals surface area contributed by atoms with Crippen LogP contribution in [-0.4, -0.2) is 41.1 Å². The smallest absolute Gasteiger partial charge is 0.416 e. The van der Waals surface area contributed by atoms with Crippen LogP contribution < -0.4 is 16.4 Å². The normalized spacial score (nSPS) is 16.8. The third-order valence-electron chi connectivity index (χ3n) is 9.30. The molecule has 4 aromatic carbocycles. The van der Waals surface area contributed by atoms with Gasteiger partial charge in [-0.05, 0) is 116 Å². The van der Waals surface area contributed by atoms with Crippen molar-refractivity contribution in [3.8, 4) is 16.9 Å². The number of rotatable bonds is 11. The summed E-state index contributed by atoms with van der Waals surface area (Å²) in [4.78, 5) is 28.5. The number of urea groups is 1. The molecular formula is C39H43F3N4O3. The van der Waals surface area contributed by atoms with Crippen LogP contribution in [0.5, 0.6) is 5.75 Å². The summed E-state index contributed by atoms with van der Waals surface area (Å²) >= 11 is 0. The molecule has 1 aliphatic carbocycles. The molecule has 0 aromatic heterocycles. The monoisotopic (exact) mass is 672 g/mol.